The van der Waals surface area contributed by atoms with E-state index in [1.165, 1.54) is 0 Å². The Kier molecular flexibility index (Phi) is 6.67. The Morgan fingerprint density at radius 2 is 1.68 bits per heavy atom. The number of amides is 1. The highest BCUT2D eigenvalue weighted by atomic mass is 16.5. The zero-order chi connectivity index (χ0) is 24.2. The van der Waals surface area contributed by atoms with Crippen molar-refractivity contribution in [1.29, 1.82) is 0 Å². The van der Waals surface area contributed by atoms with Crippen LogP contribution in [0.1, 0.15) is 23.4 Å². The first-order chi connectivity index (χ1) is 16.4. The van der Waals surface area contributed by atoms with Crippen LogP contribution in [0.5, 0.6) is 17.2 Å². The SMILES string of the molecule is COc1cc(OC)cc(-c2cc3nc(C)c(CCC(=O)Nc4ccccc4OC)c(C)n3n2)c1. The number of aryl methyl sites for hydroxylation is 2. The lowest BCUT2D eigenvalue weighted by Gasteiger charge is -2.12. The number of hydrogen-bond acceptors (Lipinski definition) is 6. The molecule has 2 aromatic carbocycles. The summed E-state index contributed by atoms with van der Waals surface area (Å²) in [6, 6.07) is 14.9. The monoisotopic (exact) mass is 460 g/mol. The molecule has 1 N–H and O–H groups in total. The van der Waals surface area contributed by atoms with Crippen LogP contribution >= 0.6 is 0 Å². The lowest BCUT2D eigenvalue weighted by molar-refractivity contribution is -0.116. The van der Waals surface area contributed by atoms with Gasteiger partial charge in [-0.05, 0) is 50.1 Å². The molecule has 0 radical (unpaired) electrons. The molecule has 8 nitrogen and oxygen atoms in total. The molecule has 0 aliphatic heterocycles. The van der Waals surface area contributed by atoms with Gasteiger partial charge in [-0.15, -0.1) is 0 Å². The molecule has 0 saturated carbocycles. The molecule has 0 fully saturated rings. The highest BCUT2D eigenvalue weighted by molar-refractivity contribution is 5.92. The smallest absolute Gasteiger partial charge is 0.224 e. The van der Waals surface area contributed by atoms with Gasteiger partial charge in [0.05, 0.1) is 32.7 Å². The number of fused-ring (bicyclic) bond motifs is 1. The number of anilines is 1. The molecule has 8 heteroatoms. The van der Waals surface area contributed by atoms with Crippen LogP contribution in [0.2, 0.25) is 0 Å². The summed E-state index contributed by atoms with van der Waals surface area (Å²) in [5, 5.41) is 7.70. The van der Waals surface area contributed by atoms with Crippen LogP contribution in [0.4, 0.5) is 5.69 Å². The molecule has 2 aromatic heterocycles. The largest absolute Gasteiger partial charge is 0.497 e. The van der Waals surface area contributed by atoms with Crippen LogP contribution in [0.3, 0.4) is 0 Å². The van der Waals surface area contributed by atoms with Crippen LogP contribution in [-0.4, -0.2) is 41.8 Å². The molecule has 0 unspecified atom stereocenters. The van der Waals surface area contributed by atoms with E-state index in [9.17, 15) is 4.79 Å². The first-order valence-electron chi connectivity index (χ1n) is 11.0. The number of nitrogens with zero attached hydrogens (tertiary/aromatic N) is 3. The number of carbonyl (C=O) groups is 1. The van der Waals surface area contributed by atoms with E-state index in [0.29, 0.717) is 35.8 Å². The van der Waals surface area contributed by atoms with Crippen molar-refractivity contribution in [2.75, 3.05) is 26.6 Å². The fourth-order valence-corrected chi connectivity index (χ4v) is 3.98. The second-order valence-electron chi connectivity index (χ2n) is 7.91. The maximum Gasteiger partial charge on any atom is 0.224 e. The predicted molar refractivity (Wildman–Crippen MR) is 131 cm³/mol. The second-order valence-corrected chi connectivity index (χ2v) is 7.91. The average molecular weight is 461 g/mol. The van der Waals surface area contributed by atoms with Gasteiger partial charge < -0.3 is 19.5 Å². The van der Waals surface area contributed by atoms with E-state index in [4.69, 9.17) is 24.3 Å². The summed E-state index contributed by atoms with van der Waals surface area (Å²) >= 11 is 0. The van der Waals surface area contributed by atoms with E-state index in [1.807, 2.05) is 66.9 Å². The van der Waals surface area contributed by atoms with E-state index in [2.05, 4.69) is 5.32 Å². The van der Waals surface area contributed by atoms with Crippen molar-refractivity contribution < 1.29 is 19.0 Å². The third-order valence-corrected chi connectivity index (χ3v) is 5.79. The second kappa shape index (κ2) is 9.82. The molecule has 176 valence electrons. The van der Waals surface area contributed by atoms with Crippen LogP contribution < -0.4 is 19.5 Å². The number of ether oxygens (including phenoxy) is 3. The number of nitrogens with one attached hydrogen (secondary N) is 1. The zero-order valence-corrected chi connectivity index (χ0v) is 20.0. The highest BCUT2D eigenvalue weighted by Gasteiger charge is 2.16. The lowest BCUT2D eigenvalue weighted by atomic mass is 10.1. The van der Waals surface area contributed by atoms with E-state index < -0.39 is 0 Å². The van der Waals surface area contributed by atoms with Gasteiger partial charge in [0.25, 0.3) is 0 Å². The summed E-state index contributed by atoms with van der Waals surface area (Å²) in [6.45, 7) is 3.96. The van der Waals surface area contributed by atoms with Crippen molar-refractivity contribution in [1.82, 2.24) is 14.6 Å². The van der Waals surface area contributed by atoms with E-state index >= 15 is 0 Å². The third-order valence-electron chi connectivity index (χ3n) is 5.79. The number of rotatable bonds is 8. The van der Waals surface area contributed by atoms with Crippen molar-refractivity contribution in [2.24, 2.45) is 0 Å². The average Bonchev–Trinajstić information content (AvgIpc) is 3.28. The van der Waals surface area contributed by atoms with Gasteiger partial charge >= 0.3 is 0 Å². The minimum absolute atomic E-state index is 0.0898. The van der Waals surface area contributed by atoms with Crippen molar-refractivity contribution >= 4 is 17.2 Å². The third kappa shape index (κ3) is 4.66. The van der Waals surface area contributed by atoms with Gasteiger partial charge in [0.1, 0.15) is 17.2 Å². The fourth-order valence-electron chi connectivity index (χ4n) is 3.98. The van der Waals surface area contributed by atoms with Gasteiger partial charge in [0, 0.05) is 35.5 Å². The summed E-state index contributed by atoms with van der Waals surface area (Å²) in [4.78, 5) is 17.4. The molecule has 0 spiro atoms. The molecule has 0 atom stereocenters. The van der Waals surface area contributed by atoms with Gasteiger partial charge in [0.2, 0.25) is 5.91 Å². The minimum atomic E-state index is -0.0898. The molecule has 4 aromatic rings. The Morgan fingerprint density at radius 1 is 0.971 bits per heavy atom. The topological polar surface area (TPSA) is 87.0 Å². The quantitative estimate of drug-likeness (QED) is 0.413. The summed E-state index contributed by atoms with van der Waals surface area (Å²) in [5.74, 6) is 1.92. The Balaban J connectivity index is 1.58. The van der Waals surface area contributed by atoms with Gasteiger partial charge in [-0.3, -0.25) is 4.79 Å². The van der Waals surface area contributed by atoms with Gasteiger partial charge in [-0.25, -0.2) is 9.50 Å². The Bertz CT molecular complexity index is 1320. The number of methoxy groups -OCH3 is 3. The Hall–Kier alpha value is -4.07. The molecular weight excluding hydrogens is 432 g/mol. The van der Waals surface area contributed by atoms with Gasteiger partial charge in [-0.1, -0.05) is 12.1 Å². The Labute approximate surface area is 198 Å². The minimum Gasteiger partial charge on any atom is -0.497 e. The lowest BCUT2D eigenvalue weighted by Crippen LogP contribution is -2.14. The number of para-hydroxylation sites is 2. The maximum absolute atomic E-state index is 12.6. The van der Waals surface area contributed by atoms with E-state index in [-0.39, 0.29) is 5.91 Å². The molecule has 2 heterocycles. The molecule has 1 amide bonds. The number of carbonyl (C=O) groups excluding carboxylic acids is 1. The van der Waals surface area contributed by atoms with Crippen LogP contribution in [0, 0.1) is 13.8 Å². The highest BCUT2D eigenvalue weighted by Crippen LogP contribution is 2.30. The van der Waals surface area contributed by atoms with Crippen LogP contribution in [0.25, 0.3) is 16.9 Å². The molecule has 0 aliphatic rings. The summed E-state index contributed by atoms with van der Waals surface area (Å²) in [7, 11) is 4.82. The predicted octanol–water partition coefficient (Wildman–Crippen LogP) is 4.61. The molecule has 4 rings (SSSR count). The number of aromatic nitrogens is 3. The van der Waals surface area contributed by atoms with Crippen molar-refractivity contribution in [3.8, 4) is 28.5 Å². The Morgan fingerprint density at radius 3 is 2.35 bits per heavy atom. The number of hydrogen-bond donors (Lipinski definition) is 1. The number of benzene rings is 2. The molecular formula is C26H28N4O4. The molecule has 34 heavy (non-hydrogen) atoms. The van der Waals surface area contributed by atoms with Crippen molar-refractivity contribution in [3.05, 3.63) is 65.5 Å². The van der Waals surface area contributed by atoms with E-state index in [0.717, 1.165) is 33.9 Å². The van der Waals surface area contributed by atoms with Crippen LogP contribution in [-0.2, 0) is 11.2 Å². The van der Waals surface area contributed by atoms with Crippen molar-refractivity contribution in [2.45, 2.75) is 26.7 Å². The molecule has 0 aliphatic carbocycles. The summed E-state index contributed by atoms with van der Waals surface area (Å²) < 4.78 is 17.9. The van der Waals surface area contributed by atoms with Crippen LogP contribution in [0.15, 0.2) is 48.5 Å². The molecule has 0 bridgehead atoms. The summed E-state index contributed by atoms with van der Waals surface area (Å²) in [5.41, 5.74) is 5.87. The van der Waals surface area contributed by atoms with Gasteiger partial charge in [-0.2, -0.15) is 5.10 Å². The first kappa shape index (κ1) is 23.1. The maximum atomic E-state index is 12.6. The van der Waals surface area contributed by atoms with Crippen molar-refractivity contribution in [3.63, 3.8) is 0 Å². The molecule has 0 saturated heterocycles. The summed E-state index contributed by atoms with van der Waals surface area (Å²) in [6.07, 6.45) is 0.859. The van der Waals surface area contributed by atoms with Gasteiger partial charge in [0.15, 0.2) is 5.65 Å². The fraction of sp³-hybridized carbons (Fsp3) is 0.269. The normalized spacial score (nSPS) is 10.9. The first-order valence-corrected chi connectivity index (χ1v) is 11.0. The van der Waals surface area contributed by atoms with E-state index in [1.54, 1.807) is 21.3 Å². The zero-order valence-electron chi connectivity index (χ0n) is 20.0. The standard InChI is InChI=1S/C26H28N4O4/c1-16-21(10-11-26(31)28-22-8-6-7-9-24(22)34-5)17(2)30-25(27-16)15-23(29-30)18-12-19(32-3)14-20(13-18)33-4/h6-9,12-15H,10-11H2,1-5H3,(H,28,31).